The van der Waals surface area contributed by atoms with Crippen LogP contribution in [-0.2, 0) is 57.3 Å². The summed E-state index contributed by atoms with van der Waals surface area (Å²) in [6.07, 6.45) is 0. The van der Waals surface area contributed by atoms with Gasteiger partial charge in [0.05, 0.1) is 0 Å². The molecule has 4 unspecified atom stereocenters. The van der Waals surface area contributed by atoms with Crippen molar-refractivity contribution in [1.82, 2.24) is 12.3 Å². The quantitative estimate of drug-likeness (QED) is 0.121. The summed E-state index contributed by atoms with van der Waals surface area (Å²) in [4.78, 5) is 68.3. The number of rotatable bonds is 4. The molecule has 0 saturated heterocycles. The Bertz CT molecular complexity index is 353. The molecule has 144 valence electrons. The summed E-state index contributed by atoms with van der Waals surface area (Å²) in [7, 11) is -21.5. The summed E-state index contributed by atoms with van der Waals surface area (Å²) in [5, 5.41) is 0. The second kappa shape index (κ2) is 15.3. The molecule has 0 saturated carbocycles. The van der Waals surface area contributed by atoms with Gasteiger partial charge in [0, 0.05) is 0 Å². The van der Waals surface area contributed by atoms with Gasteiger partial charge < -0.3 is 62.4 Å². The maximum Gasteiger partial charge on any atom is 2.00 e. The standard InChI is InChI=1S/2H3N.2H4O7P2.2H2O.Zn/c;;2*1-8(2,3)7-9(4,5)6;;;/h2*1H3;2*(H2,1,2,3)(H2,4,5,6);2*1H2;/q;;;;;;+2. The maximum absolute atomic E-state index is 9.48. The minimum absolute atomic E-state index is 0. The van der Waals surface area contributed by atoms with Gasteiger partial charge in [-0.15, -0.1) is 0 Å². The van der Waals surface area contributed by atoms with Crippen molar-refractivity contribution in [1.29, 1.82) is 0 Å². The summed E-state index contributed by atoms with van der Waals surface area (Å²) in [6.45, 7) is 0. The molecular formula is H18N2O16P4Zn+2. The molecule has 18 N–H and O–H groups in total. The summed E-state index contributed by atoms with van der Waals surface area (Å²) in [5.41, 5.74) is 0. The van der Waals surface area contributed by atoms with E-state index in [4.69, 9.17) is 19.6 Å². The van der Waals surface area contributed by atoms with Crippen LogP contribution in [0.25, 0.3) is 0 Å². The van der Waals surface area contributed by atoms with E-state index in [2.05, 4.69) is 8.62 Å². The van der Waals surface area contributed by atoms with Crippen LogP contribution in [0.15, 0.2) is 0 Å². The maximum atomic E-state index is 9.48. The van der Waals surface area contributed by atoms with Crippen molar-refractivity contribution < 1.29 is 96.5 Å². The molecule has 4 atom stereocenters. The molecule has 0 rings (SSSR count). The summed E-state index contributed by atoms with van der Waals surface area (Å²) >= 11 is 0. The largest absolute Gasteiger partial charge is 2.00 e. The van der Waals surface area contributed by atoms with Crippen molar-refractivity contribution in [3.05, 3.63) is 0 Å². The van der Waals surface area contributed by atoms with Crippen LogP contribution in [0.4, 0.5) is 0 Å². The predicted molar refractivity (Wildman–Crippen MR) is 63.2 cm³/mol. The van der Waals surface area contributed by atoms with Gasteiger partial charge in [0.1, 0.15) is 0 Å². The minimum atomic E-state index is -5.36. The molecule has 0 aromatic carbocycles. The molecule has 23 heavy (non-hydrogen) atoms. The van der Waals surface area contributed by atoms with Gasteiger partial charge in [0.15, 0.2) is 0 Å². The smallest absolute Gasteiger partial charge is 0.756 e. The molecule has 0 aliphatic heterocycles. The third-order valence-corrected chi connectivity index (χ3v) is 3.71. The van der Waals surface area contributed by atoms with Crippen molar-refractivity contribution in [2.75, 3.05) is 0 Å². The molecule has 0 aromatic heterocycles. The normalized spacial score (nSPS) is 19.1. The number of phosphoric acid groups is 4. The molecule has 18 nitrogen and oxygen atoms in total. The summed E-state index contributed by atoms with van der Waals surface area (Å²) < 4.78 is 43.4. The van der Waals surface area contributed by atoms with Gasteiger partial charge in [-0.1, -0.05) is 0 Å². The van der Waals surface area contributed by atoms with Crippen LogP contribution in [0.5, 0.6) is 0 Å². The molecular weight excluding hydrogens is 473 g/mol. The van der Waals surface area contributed by atoms with Crippen molar-refractivity contribution in [2.45, 2.75) is 0 Å². The molecule has 0 heterocycles. The SMILES string of the molecule is O=P([O-])(O)OP(=O)([O-])O.O=P([O-])(O)OP(=O)([O-])O.[NH4+].[NH4+].[OH3+].[OH3+].[Zn+2]. The van der Waals surface area contributed by atoms with Gasteiger partial charge in [0.25, 0.3) is 31.3 Å². The second-order valence-electron chi connectivity index (χ2n) is 2.04. The third-order valence-electron chi connectivity index (χ3n) is 0.413. The van der Waals surface area contributed by atoms with Crippen LogP contribution in [0.3, 0.4) is 0 Å². The van der Waals surface area contributed by atoms with E-state index >= 15 is 0 Å². The van der Waals surface area contributed by atoms with E-state index in [1.54, 1.807) is 0 Å². The van der Waals surface area contributed by atoms with Crippen molar-refractivity contribution in [2.24, 2.45) is 0 Å². The van der Waals surface area contributed by atoms with Gasteiger partial charge in [-0.25, -0.2) is 8.62 Å². The first kappa shape index (κ1) is 43.9. The molecule has 0 spiro atoms. The van der Waals surface area contributed by atoms with Gasteiger partial charge in [0.2, 0.25) is 0 Å². The minimum Gasteiger partial charge on any atom is -0.756 e. The Balaban J connectivity index is -0.0000000366. The third kappa shape index (κ3) is 60.0. The van der Waals surface area contributed by atoms with Gasteiger partial charge in [-0.2, -0.15) is 0 Å². The van der Waals surface area contributed by atoms with E-state index in [1.165, 1.54) is 0 Å². The van der Waals surface area contributed by atoms with Crippen LogP contribution >= 0.6 is 31.3 Å². The summed E-state index contributed by atoms with van der Waals surface area (Å²) in [6, 6.07) is 0. The molecule has 0 radical (unpaired) electrons. The van der Waals surface area contributed by atoms with E-state index < -0.39 is 31.3 Å². The molecule has 0 aliphatic carbocycles. The van der Waals surface area contributed by atoms with Gasteiger partial charge in [-0.3, -0.25) is 18.3 Å². The van der Waals surface area contributed by atoms with Crippen LogP contribution in [-0.4, -0.2) is 19.6 Å². The van der Waals surface area contributed by atoms with Gasteiger partial charge >= 0.3 is 19.5 Å². The first-order chi connectivity index (χ1) is 7.41. The first-order valence-corrected chi connectivity index (χ1v) is 8.97. The zero-order chi connectivity index (χ0) is 15.4. The summed E-state index contributed by atoms with van der Waals surface area (Å²) in [5.74, 6) is 0. The predicted octanol–water partition coefficient (Wildman–Crippen LogP) is -5.25. The van der Waals surface area contributed by atoms with E-state index in [-0.39, 0.29) is 42.7 Å². The first-order valence-electron chi connectivity index (χ1n) is 2.99. The fourth-order valence-electron chi connectivity index (χ4n) is 0.261. The number of quaternary nitrogens is 2. The molecule has 23 heteroatoms. The Hall–Kier alpha value is 0.983. The topological polar surface area (TPSA) is 399 Å². The number of hydrogen-bond acceptors (Lipinski definition) is 10. The Morgan fingerprint density at radius 2 is 0.652 bits per heavy atom. The van der Waals surface area contributed by atoms with Gasteiger partial charge in [-0.05, 0) is 0 Å². The Morgan fingerprint density at radius 1 is 0.565 bits per heavy atom. The van der Waals surface area contributed by atoms with Crippen LogP contribution in [0, 0.1) is 0 Å². The monoisotopic (exact) mass is 490 g/mol. The molecule has 0 aliphatic rings. The van der Waals surface area contributed by atoms with Crippen LogP contribution < -0.4 is 31.9 Å². The molecule has 0 bridgehead atoms. The van der Waals surface area contributed by atoms with E-state index in [1.807, 2.05) is 0 Å². The van der Waals surface area contributed by atoms with Crippen molar-refractivity contribution >= 4 is 31.3 Å². The van der Waals surface area contributed by atoms with Crippen molar-refractivity contribution in [3.8, 4) is 0 Å². The Morgan fingerprint density at radius 3 is 0.652 bits per heavy atom. The number of hydrogen-bond donors (Lipinski definition) is 6. The van der Waals surface area contributed by atoms with E-state index in [9.17, 15) is 37.8 Å². The second-order valence-corrected chi connectivity index (χ2v) is 7.09. The molecule has 0 amide bonds. The zero-order valence-corrected chi connectivity index (χ0v) is 18.1. The average molecular weight is 491 g/mol. The van der Waals surface area contributed by atoms with Crippen LogP contribution in [0.1, 0.15) is 0 Å². The molecule has 0 fully saturated rings. The van der Waals surface area contributed by atoms with E-state index in [0.717, 1.165) is 0 Å². The average Bonchev–Trinajstić information content (AvgIpc) is 1.64. The van der Waals surface area contributed by atoms with Crippen molar-refractivity contribution in [3.63, 3.8) is 0 Å². The fraction of sp³-hybridized carbons (Fsp3) is 0. The fourth-order valence-corrected chi connectivity index (χ4v) is 2.35. The van der Waals surface area contributed by atoms with Crippen LogP contribution in [0.2, 0.25) is 0 Å². The molecule has 0 aromatic rings. The van der Waals surface area contributed by atoms with E-state index in [0.29, 0.717) is 0 Å². The Labute approximate surface area is 140 Å². The Kier molecular flexibility index (Phi) is 29.1. The zero-order valence-electron chi connectivity index (χ0n) is 11.5.